The van der Waals surface area contributed by atoms with E-state index in [0.29, 0.717) is 0 Å². The highest BCUT2D eigenvalue weighted by atomic mass is 16.5. The third kappa shape index (κ3) is 3.94. The van der Waals surface area contributed by atoms with Crippen LogP contribution < -0.4 is 15.4 Å². The molecule has 0 aliphatic heterocycles. The molecule has 0 saturated heterocycles. The van der Waals surface area contributed by atoms with Crippen LogP contribution in [0.3, 0.4) is 0 Å². The van der Waals surface area contributed by atoms with Gasteiger partial charge in [0.25, 0.3) is 0 Å². The molecular formula is C16H22N2O. The van der Waals surface area contributed by atoms with E-state index in [9.17, 15) is 0 Å². The van der Waals surface area contributed by atoms with Gasteiger partial charge in [-0.2, -0.15) is 0 Å². The van der Waals surface area contributed by atoms with Gasteiger partial charge in [0.2, 0.25) is 0 Å². The van der Waals surface area contributed by atoms with Crippen LogP contribution in [0.25, 0.3) is 10.8 Å². The monoisotopic (exact) mass is 258 g/mol. The van der Waals surface area contributed by atoms with Gasteiger partial charge in [0.05, 0.1) is 7.11 Å². The number of ether oxygens (including phenoxy) is 1. The lowest BCUT2D eigenvalue weighted by molar-refractivity contribution is 0.415. The van der Waals surface area contributed by atoms with E-state index >= 15 is 0 Å². The van der Waals surface area contributed by atoms with Crippen molar-refractivity contribution in [2.45, 2.75) is 13.5 Å². The molecule has 0 unspecified atom stereocenters. The lowest BCUT2D eigenvalue weighted by Gasteiger charge is -2.07. The zero-order valence-electron chi connectivity index (χ0n) is 11.7. The molecule has 0 radical (unpaired) electrons. The largest absolute Gasteiger partial charge is 0.497 e. The Morgan fingerprint density at radius 1 is 0.947 bits per heavy atom. The fourth-order valence-electron chi connectivity index (χ4n) is 2.10. The summed E-state index contributed by atoms with van der Waals surface area (Å²) in [5, 5.41) is 9.21. The van der Waals surface area contributed by atoms with Crippen LogP contribution in [0.5, 0.6) is 5.75 Å². The maximum Gasteiger partial charge on any atom is 0.119 e. The highest BCUT2D eigenvalue weighted by molar-refractivity contribution is 5.84. The summed E-state index contributed by atoms with van der Waals surface area (Å²) in [6.45, 7) is 6.07. The minimum Gasteiger partial charge on any atom is -0.497 e. The van der Waals surface area contributed by atoms with Crippen LogP contribution >= 0.6 is 0 Å². The average Bonchev–Trinajstić information content (AvgIpc) is 2.46. The van der Waals surface area contributed by atoms with Gasteiger partial charge in [-0.1, -0.05) is 25.1 Å². The molecule has 3 nitrogen and oxygen atoms in total. The van der Waals surface area contributed by atoms with Crippen molar-refractivity contribution in [2.75, 3.05) is 26.7 Å². The zero-order valence-corrected chi connectivity index (χ0v) is 11.7. The van der Waals surface area contributed by atoms with E-state index in [0.717, 1.165) is 31.9 Å². The van der Waals surface area contributed by atoms with E-state index < -0.39 is 0 Å². The van der Waals surface area contributed by atoms with Crippen LogP contribution in [0.2, 0.25) is 0 Å². The van der Waals surface area contributed by atoms with E-state index in [1.54, 1.807) is 7.11 Å². The Kier molecular flexibility index (Phi) is 5.19. The molecule has 0 atom stereocenters. The number of methoxy groups -OCH3 is 1. The number of rotatable bonds is 7. The Bertz CT molecular complexity index is 525. The number of nitrogens with one attached hydrogen (secondary N) is 2. The number of benzene rings is 2. The number of fused-ring (bicyclic) bond motifs is 1. The van der Waals surface area contributed by atoms with Crippen molar-refractivity contribution in [3.63, 3.8) is 0 Å². The third-order valence-corrected chi connectivity index (χ3v) is 3.17. The van der Waals surface area contributed by atoms with Crippen molar-refractivity contribution in [3.05, 3.63) is 42.0 Å². The number of hydrogen-bond donors (Lipinski definition) is 2. The van der Waals surface area contributed by atoms with Crippen LogP contribution in [0.15, 0.2) is 36.4 Å². The van der Waals surface area contributed by atoms with Gasteiger partial charge in [-0.05, 0) is 41.1 Å². The SMILES string of the molecule is CCNCCNCc1ccc2cc(OC)ccc2c1. The van der Waals surface area contributed by atoms with Crippen molar-refractivity contribution >= 4 is 10.8 Å². The Labute approximate surface area is 115 Å². The topological polar surface area (TPSA) is 33.3 Å². The Morgan fingerprint density at radius 3 is 2.47 bits per heavy atom. The average molecular weight is 258 g/mol. The summed E-state index contributed by atoms with van der Waals surface area (Å²) in [6, 6.07) is 12.7. The highest BCUT2D eigenvalue weighted by Crippen LogP contribution is 2.21. The molecule has 3 heteroatoms. The van der Waals surface area contributed by atoms with Crippen molar-refractivity contribution < 1.29 is 4.74 Å². The minimum atomic E-state index is 0.906. The molecule has 0 saturated carbocycles. The van der Waals surface area contributed by atoms with Gasteiger partial charge >= 0.3 is 0 Å². The molecule has 19 heavy (non-hydrogen) atoms. The van der Waals surface area contributed by atoms with Gasteiger partial charge in [-0.25, -0.2) is 0 Å². The van der Waals surface area contributed by atoms with Crippen molar-refractivity contribution in [1.82, 2.24) is 10.6 Å². The van der Waals surface area contributed by atoms with Gasteiger partial charge in [-0.3, -0.25) is 0 Å². The Hall–Kier alpha value is -1.58. The molecule has 2 aromatic carbocycles. The van der Waals surface area contributed by atoms with E-state index in [2.05, 4.69) is 47.9 Å². The molecule has 0 aromatic heterocycles. The molecule has 0 amide bonds. The summed E-state index contributed by atoms with van der Waals surface area (Å²) >= 11 is 0. The normalized spacial score (nSPS) is 10.8. The Morgan fingerprint density at radius 2 is 1.68 bits per heavy atom. The molecule has 0 heterocycles. The predicted octanol–water partition coefficient (Wildman–Crippen LogP) is 2.55. The third-order valence-electron chi connectivity index (χ3n) is 3.17. The van der Waals surface area contributed by atoms with E-state index in [4.69, 9.17) is 4.74 Å². The van der Waals surface area contributed by atoms with Gasteiger partial charge in [0.15, 0.2) is 0 Å². The molecule has 0 aliphatic rings. The quantitative estimate of drug-likeness (QED) is 0.749. The number of hydrogen-bond acceptors (Lipinski definition) is 3. The fourth-order valence-corrected chi connectivity index (χ4v) is 2.10. The molecule has 2 rings (SSSR count). The second kappa shape index (κ2) is 7.12. The molecular weight excluding hydrogens is 236 g/mol. The molecule has 2 aromatic rings. The Balaban J connectivity index is 1.97. The molecule has 0 spiro atoms. The van der Waals surface area contributed by atoms with Crippen molar-refractivity contribution in [2.24, 2.45) is 0 Å². The standard InChI is InChI=1S/C16H22N2O/c1-3-17-8-9-18-12-13-4-5-15-11-16(19-2)7-6-14(15)10-13/h4-7,10-11,17-18H,3,8-9,12H2,1-2H3. The summed E-state index contributed by atoms with van der Waals surface area (Å²) in [5.74, 6) is 0.906. The minimum absolute atomic E-state index is 0.906. The van der Waals surface area contributed by atoms with Crippen molar-refractivity contribution in [3.8, 4) is 5.75 Å². The summed E-state index contributed by atoms with van der Waals surface area (Å²) in [4.78, 5) is 0. The summed E-state index contributed by atoms with van der Waals surface area (Å²) in [7, 11) is 1.70. The maximum atomic E-state index is 5.24. The van der Waals surface area contributed by atoms with Gasteiger partial charge in [-0.15, -0.1) is 0 Å². The first-order valence-corrected chi connectivity index (χ1v) is 6.81. The second-order valence-corrected chi connectivity index (χ2v) is 4.58. The van der Waals surface area contributed by atoms with Crippen LogP contribution in [-0.2, 0) is 6.54 Å². The van der Waals surface area contributed by atoms with Crippen LogP contribution in [0, 0.1) is 0 Å². The molecule has 2 N–H and O–H groups in total. The van der Waals surface area contributed by atoms with E-state index in [-0.39, 0.29) is 0 Å². The molecule has 0 bridgehead atoms. The van der Waals surface area contributed by atoms with E-state index in [1.807, 2.05) is 6.07 Å². The molecule has 102 valence electrons. The van der Waals surface area contributed by atoms with Gasteiger partial charge < -0.3 is 15.4 Å². The van der Waals surface area contributed by atoms with E-state index in [1.165, 1.54) is 16.3 Å². The first-order chi connectivity index (χ1) is 9.33. The van der Waals surface area contributed by atoms with Crippen LogP contribution in [-0.4, -0.2) is 26.7 Å². The van der Waals surface area contributed by atoms with Crippen LogP contribution in [0.1, 0.15) is 12.5 Å². The van der Waals surface area contributed by atoms with Crippen LogP contribution in [0.4, 0.5) is 0 Å². The van der Waals surface area contributed by atoms with Crippen molar-refractivity contribution in [1.29, 1.82) is 0 Å². The highest BCUT2D eigenvalue weighted by Gasteiger charge is 1.98. The first-order valence-electron chi connectivity index (χ1n) is 6.81. The smallest absolute Gasteiger partial charge is 0.119 e. The van der Waals surface area contributed by atoms with Gasteiger partial charge in [0.1, 0.15) is 5.75 Å². The molecule has 0 fully saturated rings. The lowest BCUT2D eigenvalue weighted by atomic mass is 10.1. The predicted molar refractivity (Wildman–Crippen MR) is 80.8 cm³/mol. The summed E-state index contributed by atoms with van der Waals surface area (Å²) in [6.07, 6.45) is 0. The zero-order chi connectivity index (χ0) is 13.5. The first kappa shape index (κ1) is 13.8. The fraction of sp³-hybridized carbons (Fsp3) is 0.375. The van der Waals surface area contributed by atoms with Gasteiger partial charge in [0, 0.05) is 19.6 Å². The summed E-state index contributed by atoms with van der Waals surface area (Å²) < 4.78 is 5.24. The maximum absolute atomic E-state index is 5.24. The number of likely N-dealkylation sites (N-methyl/N-ethyl adjacent to an activating group) is 1. The molecule has 0 aliphatic carbocycles. The summed E-state index contributed by atoms with van der Waals surface area (Å²) in [5.41, 5.74) is 1.31. The lowest BCUT2D eigenvalue weighted by Crippen LogP contribution is -2.26. The second-order valence-electron chi connectivity index (χ2n) is 4.58.